The molecule has 0 spiro atoms. The Labute approximate surface area is 120 Å². The number of fused-ring (bicyclic) bond motifs is 1. The lowest BCUT2D eigenvalue weighted by atomic mass is 9.85. The highest BCUT2D eigenvalue weighted by molar-refractivity contribution is 5.37. The lowest BCUT2D eigenvalue weighted by Gasteiger charge is -2.28. The molecule has 3 heteroatoms. The Morgan fingerprint density at radius 3 is 2.75 bits per heavy atom. The predicted molar refractivity (Wildman–Crippen MR) is 79.5 cm³/mol. The molecule has 1 N–H and O–H groups in total. The lowest BCUT2D eigenvalue weighted by Crippen LogP contribution is -2.30. The molecule has 1 aliphatic rings. The van der Waals surface area contributed by atoms with Crippen molar-refractivity contribution >= 4 is 0 Å². The van der Waals surface area contributed by atoms with Crippen molar-refractivity contribution in [1.82, 2.24) is 10.3 Å². The van der Waals surface area contributed by atoms with Crippen molar-refractivity contribution in [1.29, 1.82) is 0 Å². The van der Waals surface area contributed by atoms with E-state index in [1.807, 2.05) is 13.8 Å². The Balaban J connectivity index is 1.79. The van der Waals surface area contributed by atoms with E-state index in [4.69, 9.17) is 4.42 Å². The fourth-order valence-electron chi connectivity index (χ4n) is 3.18. The van der Waals surface area contributed by atoms with Crippen LogP contribution in [-0.2, 0) is 13.0 Å². The average molecular weight is 270 g/mol. The third kappa shape index (κ3) is 2.27. The molecule has 1 atom stereocenters. The van der Waals surface area contributed by atoms with Gasteiger partial charge in [-0.25, -0.2) is 4.98 Å². The monoisotopic (exact) mass is 270 g/mol. The van der Waals surface area contributed by atoms with Crippen molar-refractivity contribution in [3.05, 3.63) is 52.7 Å². The molecular formula is C17H22N2O. The van der Waals surface area contributed by atoms with Crippen LogP contribution < -0.4 is 5.32 Å². The first-order chi connectivity index (χ1) is 9.47. The molecule has 0 fully saturated rings. The van der Waals surface area contributed by atoms with E-state index in [1.165, 1.54) is 11.1 Å². The number of hydrogen-bond donors (Lipinski definition) is 1. The Morgan fingerprint density at radius 2 is 2.05 bits per heavy atom. The summed E-state index contributed by atoms with van der Waals surface area (Å²) in [7, 11) is 0. The van der Waals surface area contributed by atoms with Gasteiger partial charge in [0.1, 0.15) is 5.76 Å². The van der Waals surface area contributed by atoms with Crippen LogP contribution in [0.4, 0.5) is 0 Å². The minimum absolute atomic E-state index is 0.223. The summed E-state index contributed by atoms with van der Waals surface area (Å²) in [6.45, 7) is 9.25. The molecule has 0 amide bonds. The van der Waals surface area contributed by atoms with Gasteiger partial charge in [0, 0.05) is 6.04 Å². The minimum Gasteiger partial charge on any atom is -0.444 e. The van der Waals surface area contributed by atoms with Crippen LogP contribution in [0.15, 0.2) is 28.7 Å². The highest BCUT2D eigenvalue weighted by atomic mass is 16.4. The second-order valence-corrected chi connectivity index (χ2v) is 6.43. The Kier molecular flexibility index (Phi) is 3.17. The maximum Gasteiger partial charge on any atom is 0.208 e. The number of hydrogen-bond acceptors (Lipinski definition) is 3. The van der Waals surface area contributed by atoms with Crippen LogP contribution >= 0.6 is 0 Å². The van der Waals surface area contributed by atoms with Crippen molar-refractivity contribution in [2.45, 2.75) is 46.7 Å². The standard InChI is InChI=1S/C17H22N2O/c1-11-12(2)20-15(19-11)10-18-16-14-8-6-5-7-13(14)9-17(16,3)4/h5-8,16,18H,9-10H2,1-4H3. The maximum absolute atomic E-state index is 5.66. The number of benzene rings is 1. The van der Waals surface area contributed by atoms with Gasteiger partial charge in [-0.1, -0.05) is 38.1 Å². The molecule has 0 bridgehead atoms. The number of nitrogens with zero attached hydrogens (tertiary/aromatic N) is 1. The first kappa shape index (κ1) is 13.4. The van der Waals surface area contributed by atoms with Crippen molar-refractivity contribution in [2.24, 2.45) is 5.41 Å². The largest absolute Gasteiger partial charge is 0.444 e. The summed E-state index contributed by atoms with van der Waals surface area (Å²) < 4.78 is 5.66. The smallest absolute Gasteiger partial charge is 0.208 e. The molecule has 1 aliphatic carbocycles. The van der Waals surface area contributed by atoms with Crippen molar-refractivity contribution < 1.29 is 4.42 Å². The second-order valence-electron chi connectivity index (χ2n) is 6.43. The van der Waals surface area contributed by atoms with E-state index in [0.717, 1.165) is 23.8 Å². The molecule has 1 aromatic heterocycles. The summed E-state index contributed by atoms with van der Waals surface area (Å²) >= 11 is 0. The molecule has 1 unspecified atom stereocenters. The van der Waals surface area contributed by atoms with Crippen molar-refractivity contribution in [3.8, 4) is 0 Å². The Bertz CT molecular complexity index is 608. The number of nitrogens with one attached hydrogen (secondary N) is 1. The zero-order valence-electron chi connectivity index (χ0n) is 12.7. The van der Waals surface area contributed by atoms with Crippen LogP contribution in [0.3, 0.4) is 0 Å². The topological polar surface area (TPSA) is 38.1 Å². The van der Waals surface area contributed by atoms with Crippen molar-refractivity contribution in [3.63, 3.8) is 0 Å². The zero-order valence-corrected chi connectivity index (χ0v) is 12.7. The number of aryl methyl sites for hydroxylation is 2. The molecule has 0 aliphatic heterocycles. The van der Waals surface area contributed by atoms with Gasteiger partial charge in [0.2, 0.25) is 5.89 Å². The van der Waals surface area contributed by atoms with Crippen LogP contribution in [0.2, 0.25) is 0 Å². The van der Waals surface area contributed by atoms with E-state index < -0.39 is 0 Å². The molecule has 0 saturated carbocycles. The molecule has 3 rings (SSSR count). The SMILES string of the molecule is Cc1nc(CNC2c3ccccc3CC2(C)C)oc1C. The summed E-state index contributed by atoms with van der Waals surface area (Å²) in [5.41, 5.74) is 4.07. The van der Waals surface area contributed by atoms with E-state index in [1.54, 1.807) is 0 Å². The van der Waals surface area contributed by atoms with E-state index >= 15 is 0 Å². The van der Waals surface area contributed by atoms with Gasteiger partial charge in [0.15, 0.2) is 0 Å². The first-order valence-corrected chi connectivity index (χ1v) is 7.21. The highest BCUT2D eigenvalue weighted by Gasteiger charge is 2.38. The van der Waals surface area contributed by atoms with Crippen LogP contribution in [-0.4, -0.2) is 4.98 Å². The Hall–Kier alpha value is -1.61. The van der Waals surface area contributed by atoms with Gasteiger partial charge in [-0.3, -0.25) is 0 Å². The highest BCUT2D eigenvalue weighted by Crippen LogP contribution is 2.45. The van der Waals surface area contributed by atoms with Crippen LogP contribution in [0.5, 0.6) is 0 Å². The molecule has 0 radical (unpaired) electrons. The van der Waals surface area contributed by atoms with E-state index in [-0.39, 0.29) is 5.41 Å². The van der Waals surface area contributed by atoms with E-state index in [0.29, 0.717) is 12.6 Å². The predicted octanol–water partition coefficient (Wildman–Crippen LogP) is 3.70. The van der Waals surface area contributed by atoms with Gasteiger partial charge in [0.25, 0.3) is 0 Å². The summed E-state index contributed by atoms with van der Waals surface area (Å²) in [6, 6.07) is 9.06. The third-order valence-corrected chi connectivity index (χ3v) is 4.32. The third-order valence-electron chi connectivity index (χ3n) is 4.32. The summed E-state index contributed by atoms with van der Waals surface area (Å²) in [6.07, 6.45) is 1.12. The Morgan fingerprint density at radius 1 is 1.30 bits per heavy atom. The normalized spacial score (nSPS) is 20.1. The molecule has 3 nitrogen and oxygen atoms in total. The number of rotatable bonds is 3. The molecular weight excluding hydrogens is 248 g/mol. The van der Waals surface area contributed by atoms with Gasteiger partial charge in [0.05, 0.1) is 12.2 Å². The molecule has 2 aromatic rings. The van der Waals surface area contributed by atoms with E-state index in [9.17, 15) is 0 Å². The van der Waals surface area contributed by atoms with E-state index in [2.05, 4.69) is 48.4 Å². The summed E-state index contributed by atoms with van der Waals surface area (Å²) in [5.74, 6) is 1.69. The van der Waals surface area contributed by atoms with Gasteiger partial charge in [-0.2, -0.15) is 0 Å². The second kappa shape index (κ2) is 4.74. The fraction of sp³-hybridized carbons (Fsp3) is 0.471. The molecule has 20 heavy (non-hydrogen) atoms. The van der Waals surface area contributed by atoms with Crippen molar-refractivity contribution in [2.75, 3.05) is 0 Å². The fourth-order valence-corrected chi connectivity index (χ4v) is 3.18. The van der Waals surface area contributed by atoms with Gasteiger partial charge in [-0.05, 0) is 36.8 Å². The van der Waals surface area contributed by atoms with Gasteiger partial charge < -0.3 is 9.73 Å². The maximum atomic E-state index is 5.66. The van der Waals surface area contributed by atoms with Crippen LogP contribution in [0, 0.1) is 19.3 Å². The van der Waals surface area contributed by atoms with Gasteiger partial charge in [-0.15, -0.1) is 0 Å². The number of oxazole rings is 1. The zero-order chi connectivity index (χ0) is 14.3. The molecule has 1 aromatic carbocycles. The van der Waals surface area contributed by atoms with Gasteiger partial charge >= 0.3 is 0 Å². The molecule has 0 saturated heterocycles. The summed E-state index contributed by atoms with van der Waals surface area (Å²) in [5, 5.41) is 3.63. The molecule has 1 heterocycles. The van der Waals surface area contributed by atoms with Crippen LogP contribution in [0.25, 0.3) is 0 Å². The quantitative estimate of drug-likeness (QED) is 0.924. The lowest BCUT2D eigenvalue weighted by molar-refractivity contribution is 0.260. The average Bonchev–Trinajstić information content (AvgIpc) is 2.83. The summed E-state index contributed by atoms with van der Waals surface area (Å²) in [4.78, 5) is 4.45. The number of aromatic nitrogens is 1. The minimum atomic E-state index is 0.223. The molecule has 106 valence electrons. The first-order valence-electron chi connectivity index (χ1n) is 7.21. The van der Waals surface area contributed by atoms with Crippen LogP contribution in [0.1, 0.15) is 48.4 Å².